The molecule has 0 bridgehead atoms. The summed E-state index contributed by atoms with van der Waals surface area (Å²) in [6.07, 6.45) is 0. The van der Waals surface area contributed by atoms with Gasteiger partial charge in [-0.2, -0.15) is 4.31 Å². The predicted molar refractivity (Wildman–Crippen MR) is 51.3 cm³/mol. The standard InChI is InChI=1S/C6H14N2O2S2/c1-6(2)8-4-3-7(11)5-12(8,9)10/h6,11H,3-5H2,1-2H3. The first-order chi connectivity index (χ1) is 5.43. The van der Waals surface area contributed by atoms with Crippen LogP contribution in [0, 0.1) is 0 Å². The summed E-state index contributed by atoms with van der Waals surface area (Å²) in [4.78, 5) is 0. The van der Waals surface area contributed by atoms with E-state index in [1.807, 2.05) is 13.8 Å². The van der Waals surface area contributed by atoms with Crippen LogP contribution in [0.3, 0.4) is 0 Å². The second kappa shape index (κ2) is 3.53. The summed E-state index contributed by atoms with van der Waals surface area (Å²) in [5.74, 6) is 0.0221. The molecule has 0 amide bonds. The molecule has 1 rings (SSSR count). The molecule has 6 heteroatoms. The van der Waals surface area contributed by atoms with Gasteiger partial charge in [0.1, 0.15) is 5.88 Å². The molecule has 1 fully saturated rings. The maximum atomic E-state index is 11.5. The van der Waals surface area contributed by atoms with Crippen molar-refractivity contribution in [3.63, 3.8) is 0 Å². The van der Waals surface area contributed by atoms with Gasteiger partial charge in [0.25, 0.3) is 0 Å². The van der Waals surface area contributed by atoms with Gasteiger partial charge in [0.15, 0.2) is 0 Å². The molecule has 0 aromatic rings. The molecule has 1 aliphatic heterocycles. The number of rotatable bonds is 1. The molecule has 0 aromatic carbocycles. The summed E-state index contributed by atoms with van der Waals surface area (Å²) in [6, 6.07) is 0.0528. The highest BCUT2D eigenvalue weighted by molar-refractivity contribution is 7.90. The lowest BCUT2D eigenvalue weighted by Gasteiger charge is -2.33. The first-order valence-electron chi connectivity index (χ1n) is 3.87. The zero-order valence-corrected chi connectivity index (χ0v) is 8.98. The van der Waals surface area contributed by atoms with E-state index < -0.39 is 10.0 Å². The minimum absolute atomic E-state index is 0.0221. The third-order valence-electron chi connectivity index (χ3n) is 1.82. The van der Waals surface area contributed by atoms with Crippen molar-refractivity contribution < 1.29 is 8.42 Å². The average Bonchev–Trinajstić information content (AvgIpc) is 1.82. The Kier molecular flexibility index (Phi) is 3.03. The Bertz CT molecular complexity index is 250. The van der Waals surface area contributed by atoms with E-state index in [9.17, 15) is 8.42 Å². The van der Waals surface area contributed by atoms with Crippen LogP contribution in [0.1, 0.15) is 13.8 Å². The van der Waals surface area contributed by atoms with E-state index in [1.54, 1.807) is 0 Å². The van der Waals surface area contributed by atoms with Crippen LogP contribution in [0.4, 0.5) is 0 Å². The molecule has 1 heterocycles. The fraction of sp³-hybridized carbons (Fsp3) is 1.00. The number of nitrogens with zero attached hydrogens (tertiary/aromatic N) is 2. The monoisotopic (exact) mass is 210 g/mol. The summed E-state index contributed by atoms with van der Waals surface area (Å²) >= 11 is 4.01. The van der Waals surface area contributed by atoms with Gasteiger partial charge in [-0.05, 0) is 13.8 Å². The fourth-order valence-electron chi connectivity index (χ4n) is 1.26. The lowest BCUT2D eigenvalue weighted by molar-refractivity contribution is 0.300. The van der Waals surface area contributed by atoms with Crippen LogP contribution < -0.4 is 0 Å². The second-order valence-corrected chi connectivity index (χ2v) is 5.63. The largest absolute Gasteiger partial charge is 0.235 e. The van der Waals surface area contributed by atoms with Crippen LogP contribution in [0.2, 0.25) is 0 Å². The van der Waals surface area contributed by atoms with Gasteiger partial charge in [-0.15, -0.1) is 0 Å². The molecule has 72 valence electrons. The van der Waals surface area contributed by atoms with Gasteiger partial charge in [0.05, 0.1) is 0 Å². The van der Waals surface area contributed by atoms with E-state index in [-0.39, 0.29) is 11.9 Å². The topological polar surface area (TPSA) is 40.6 Å². The molecule has 1 saturated heterocycles. The van der Waals surface area contributed by atoms with E-state index in [4.69, 9.17) is 0 Å². The Morgan fingerprint density at radius 2 is 1.92 bits per heavy atom. The van der Waals surface area contributed by atoms with Crippen LogP contribution in [-0.4, -0.2) is 42.0 Å². The first kappa shape index (κ1) is 10.3. The van der Waals surface area contributed by atoms with Gasteiger partial charge in [0.2, 0.25) is 10.0 Å². The Labute approximate surface area is 79.1 Å². The van der Waals surface area contributed by atoms with Crippen molar-refractivity contribution >= 4 is 22.8 Å². The number of thiol groups is 1. The van der Waals surface area contributed by atoms with Gasteiger partial charge in [-0.25, -0.2) is 12.7 Å². The highest BCUT2D eigenvalue weighted by atomic mass is 32.2. The molecule has 0 radical (unpaired) electrons. The normalized spacial score (nSPS) is 26.3. The molecule has 1 aliphatic rings. The van der Waals surface area contributed by atoms with E-state index >= 15 is 0 Å². The Morgan fingerprint density at radius 1 is 1.33 bits per heavy atom. The molecule has 0 spiro atoms. The molecule has 12 heavy (non-hydrogen) atoms. The van der Waals surface area contributed by atoms with Crippen molar-refractivity contribution in [2.45, 2.75) is 19.9 Å². The molecule has 0 aromatic heterocycles. The highest BCUT2D eigenvalue weighted by Crippen LogP contribution is 2.15. The van der Waals surface area contributed by atoms with Crippen molar-refractivity contribution in [3.05, 3.63) is 0 Å². The maximum absolute atomic E-state index is 11.5. The minimum atomic E-state index is -3.09. The zero-order chi connectivity index (χ0) is 9.35. The van der Waals surface area contributed by atoms with Crippen LogP contribution in [0.15, 0.2) is 0 Å². The van der Waals surface area contributed by atoms with Crippen LogP contribution >= 0.6 is 12.8 Å². The average molecular weight is 210 g/mol. The van der Waals surface area contributed by atoms with Gasteiger partial charge in [-0.3, -0.25) is 0 Å². The summed E-state index contributed by atoms with van der Waals surface area (Å²) in [7, 11) is -3.09. The van der Waals surface area contributed by atoms with Crippen LogP contribution in [-0.2, 0) is 10.0 Å². The predicted octanol–water partition coefficient (Wildman–Crippen LogP) is 0.145. The molecule has 0 aliphatic carbocycles. The van der Waals surface area contributed by atoms with E-state index in [1.165, 1.54) is 8.61 Å². The number of sulfonamides is 1. The van der Waals surface area contributed by atoms with Crippen molar-refractivity contribution in [1.29, 1.82) is 0 Å². The van der Waals surface area contributed by atoms with E-state index in [0.29, 0.717) is 13.1 Å². The molecule has 0 atom stereocenters. The molecule has 0 unspecified atom stereocenters. The quantitative estimate of drug-likeness (QED) is 0.626. The molecular weight excluding hydrogens is 196 g/mol. The van der Waals surface area contributed by atoms with Gasteiger partial charge in [0, 0.05) is 19.1 Å². The number of hydrogen-bond donors (Lipinski definition) is 1. The Balaban J connectivity index is 2.79. The Hall–Kier alpha value is 0.220. The molecular formula is C6H14N2O2S2. The van der Waals surface area contributed by atoms with Crippen LogP contribution in [0.25, 0.3) is 0 Å². The lowest BCUT2D eigenvalue weighted by Crippen LogP contribution is -2.49. The molecule has 0 saturated carbocycles. The van der Waals surface area contributed by atoms with Gasteiger partial charge < -0.3 is 0 Å². The molecule has 4 nitrogen and oxygen atoms in total. The summed E-state index contributed by atoms with van der Waals surface area (Å²) < 4.78 is 26.0. The van der Waals surface area contributed by atoms with Crippen molar-refractivity contribution in [3.8, 4) is 0 Å². The molecule has 0 N–H and O–H groups in total. The van der Waals surface area contributed by atoms with Crippen molar-refractivity contribution in [2.75, 3.05) is 19.0 Å². The SMILES string of the molecule is CC(C)N1CCN(S)CS1(=O)=O. The smallest absolute Gasteiger partial charge is 0.228 e. The van der Waals surface area contributed by atoms with Crippen LogP contribution in [0.5, 0.6) is 0 Å². The summed E-state index contributed by atoms with van der Waals surface area (Å²) in [6.45, 7) is 5.00. The lowest BCUT2D eigenvalue weighted by atomic mass is 10.4. The third kappa shape index (κ3) is 2.12. The highest BCUT2D eigenvalue weighted by Gasteiger charge is 2.30. The van der Waals surface area contributed by atoms with Gasteiger partial charge >= 0.3 is 0 Å². The maximum Gasteiger partial charge on any atom is 0.228 e. The number of hydrogen-bond acceptors (Lipinski definition) is 4. The minimum Gasteiger partial charge on any atom is -0.235 e. The summed E-state index contributed by atoms with van der Waals surface area (Å²) in [5.41, 5.74) is 0. The summed E-state index contributed by atoms with van der Waals surface area (Å²) in [5, 5.41) is 0. The Morgan fingerprint density at radius 3 is 2.33 bits per heavy atom. The van der Waals surface area contributed by atoms with E-state index in [2.05, 4.69) is 12.8 Å². The van der Waals surface area contributed by atoms with Crippen molar-refractivity contribution in [2.24, 2.45) is 0 Å². The van der Waals surface area contributed by atoms with E-state index in [0.717, 1.165) is 0 Å². The van der Waals surface area contributed by atoms with Gasteiger partial charge in [-0.1, -0.05) is 12.8 Å². The first-order valence-corrected chi connectivity index (χ1v) is 5.88. The van der Waals surface area contributed by atoms with Crippen molar-refractivity contribution in [1.82, 2.24) is 8.61 Å². The third-order valence-corrected chi connectivity index (χ3v) is 4.31. The fourth-order valence-corrected chi connectivity index (χ4v) is 3.44. The zero-order valence-electron chi connectivity index (χ0n) is 7.27. The second-order valence-electron chi connectivity index (χ2n) is 3.18.